The van der Waals surface area contributed by atoms with Gasteiger partial charge in [-0.15, -0.1) is 0 Å². The third-order valence-corrected chi connectivity index (χ3v) is 6.90. The van der Waals surface area contributed by atoms with Crippen molar-refractivity contribution in [2.24, 2.45) is 11.8 Å². The van der Waals surface area contributed by atoms with Crippen LogP contribution >= 0.6 is 23.2 Å². The average molecular weight is 554 g/mol. The summed E-state index contributed by atoms with van der Waals surface area (Å²) in [6.45, 7) is 8.83. The van der Waals surface area contributed by atoms with Crippen LogP contribution in [0.5, 0.6) is 5.75 Å². The Morgan fingerprint density at radius 2 is 1.81 bits per heavy atom. The summed E-state index contributed by atoms with van der Waals surface area (Å²) >= 11 is 12.3. The number of hydrogen-bond donors (Lipinski definition) is 4. The molecule has 10 nitrogen and oxygen atoms in total. The fourth-order valence-corrected chi connectivity index (χ4v) is 4.37. The Bertz CT molecular complexity index is 1150. The highest BCUT2D eigenvalue weighted by Crippen LogP contribution is 2.32. The lowest BCUT2D eigenvalue weighted by molar-refractivity contribution is 0.0177. The van der Waals surface area contributed by atoms with Crippen molar-refractivity contribution in [2.75, 3.05) is 25.0 Å². The second kappa shape index (κ2) is 12.1. The standard InChI is InChI=1S/C25H33Cl2N5O5/c1-14-19(26)20(27)21(29-14)23(34)30-17-6-5-16(22(33)31-28)13-18(17)36-12-9-15-7-10-32(11-8-15)24(35)37-25(2,3)4/h5-6,13,15,29H,7-12,28H2,1-4H3,(H,30,34)(H,31,33). The molecule has 1 aliphatic rings. The van der Waals surface area contributed by atoms with E-state index >= 15 is 0 Å². The average Bonchev–Trinajstić information content (AvgIpc) is 3.11. The van der Waals surface area contributed by atoms with Crippen LogP contribution < -0.4 is 21.3 Å². The number of likely N-dealkylation sites (tertiary alicyclic amines) is 1. The molecule has 1 aliphatic heterocycles. The Labute approximate surface area is 226 Å². The molecule has 1 aromatic heterocycles. The molecule has 202 valence electrons. The third-order valence-electron chi connectivity index (χ3n) is 5.95. The Balaban J connectivity index is 1.63. The summed E-state index contributed by atoms with van der Waals surface area (Å²) in [4.78, 5) is 41.8. The lowest BCUT2D eigenvalue weighted by atomic mass is 9.94. The molecule has 12 heteroatoms. The minimum absolute atomic E-state index is 0.121. The minimum Gasteiger partial charge on any atom is -0.491 e. The molecule has 0 unspecified atom stereocenters. The topological polar surface area (TPSA) is 139 Å². The summed E-state index contributed by atoms with van der Waals surface area (Å²) in [6, 6.07) is 4.59. The minimum atomic E-state index is -0.526. The molecule has 0 aliphatic carbocycles. The smallest absolute Gasteiger partial charge is 0.410 e. The van der Waals surface area contributed by atoms with Gasteiger partial charge in [0.15, 0.2) is 0 Å². The summed E-state index contributed by atoms with van der Waals surface area (Å²) in [6.07, 6.45) is 2.09. The first-order valence-corrected chi connectivity index (χ1v) is 12.8. The maximum atomic E-state index is 12.8. The predicted molar refractivity (Wildman–Crippen MR) is 142 cm³/mol. The highest BCUT2D eigenvalue weighted by atomic mass is 35.5. The quantitative estimate of drug-likeness (QED) is 0.218. The van der Waals surface area contributed by atoms with Crippen LogP contribution in [0.1, 0.15) is 66.6 Å². The number of amides is 3. The van der Waals surface area contributed by atoms with Crippen LogP contribution in [0.2, 0.25) is 10.0 Å². The summed E-state index contributed by atoms with van der Waals surface area (Å²) in [5, 5.41) is 3.15. The first-order chi connectivity index (χ1) is 17.4. The molecule has 2 heterocycles. The molecule has 0 saturated carbocycles. The molecule has 1 fully saturated rings. The fraction of sp³-hybridized carbons (Fsp3) is 0.480. The van der Waals surface area contributed by atoms with E-state index < -0.39 is 17.4 Å². The van der Waals surface area contributed by atoms with Crippen LogP contribution in [-0.2, 0) is 4.74 Å². The number of aryl methyl sites for hydroxylation is 1. The molecule has 5 N–H and O–H groups in total. The van der Waals surface area contributed by atoms with Crippen molar-refractivity contribution in [1.82, 2.24) is 15.3 Å². The lowest BCUT2D eigenvalue weighted by Gasteiger charge is -2.33. The number of hydrazine groups is 1. The number of nitrogens with zero attached hydrogens (tertiary/aromatic N) is 1. The monoisotopic (exact) mass is 553 g/mol. The normalized spacial score (nSPS) is 14.3. The van der Waals surface area contributed by atoms with E-state index in [-0.39, 0.29) is 27.4 Å². The molecular formula is C25H33Cl2N5O5. The van der Waals surface area contributed by atoms with Crippen LogP contribution in [0.25, 0.3) is 0 Å². The van der Waals surface area contributed by atoms with Gasteiger partial charge in [-0.3, -0.25) is 15.0 Å². The van der Waals surface area contributed by atoms with Crippen molar-refractivity contribution in [1.29, 1.82) is 0 Å². The summed E-state index contributed by atoms with van der Waals surface area (Å²) in [7, 11) is 0. The molecule has 37 heavy (non-hydrogen) atoms. The Morgan fingerprint density at radius 3 is 2.38 bits per heavy atom. The number of benzene rings is 1. The highest BCUT2D eigenvalue weighted by Gasteiger charge is 2.27. The van der Waals surface area contributed by atoms with Gasteiger partial charge in [-0.2, -0.15) is 0 Å². The number of anilines is 1. The fourth-order valence-electron chi connectivity index (χ4n) is 3.95. The molecule has 0 radical (unpaired) electrons. The van der Waals surface area contributed by atoms with Crippen molar-refractivity contribution in [3.8, 4) is 5.75 Å². The van der Waals surface area contributed by atoms with E-state index in [1.54, 1.807) is 17.9 Å². The zero-order valence-corrected chi connectivity index (χ0v) is 22.9. The van der Waals surface area contributed by atoms with Gasteiger partial charge in [-0.1, -0.05) is 23.2 Å². The van der Waals surface area contributed by atoms with Crippen molar-refractivity contribution >= 4 is 46.8 Å². The number of piperidine rings is 1. The highest BCUT2D eigenvalue weighted by molar-refractivity contribution is 6.44. The van der Waals surface area contributed by atoms with E-state index in [1.165, 1.54) is 12.1 Å². The number of halogens is 2. The number of nitrogens with two attached hydrogens (primary N) is 1. The van der Waals surface area contributed by atoms with Gasteiger partial charge < -0.3 is 24.7 Å². The van der Waals surface area contributed by atoms with Gasteiger partial charge in [-0.25, -0.2) is 10.6 Å². The summed E-state index contributed by atoms with van der Waals surface area (Å²) < 4.78 is 11.5. The van der Waals surface area contributed by atoms with Gasteiger partial charge in [0.05, 0.1) is 22.3 Å². The van der Waals surface area contributed by atoms with Crippen molar-refractivity contribution in [3.05, 3.63) is 45.2 Å². The molecule has 2 aromatic rings. The van der Waals surface area contributed by atoms with Gasteiger partial charge in [0.2, 0.25) is 0 Å². The molecule has 0 bridgehead atoms. The Morgan fingerprint density at radius 1 is 1.14 bits per heavy atom. The number of hydrogen-bond acceptors (Lipinski definition) is 6. The van der Waals surface area contributed by atoms with E-state index in [4.69, 9.17) is 38.5 Å². The Hall–Kier alpha value is -2.95. The maximum absolute atomic E-state index is 12.8. The second-order valence-corrected chi connectivity index (χ2v) is 10.7. The molecule has 0 atom stereocenters. The summed E-state index contributed by atoms with van der Waals surface area (Å²) in [5.74, 6) is 4.94. The number of aromatic amines is 1. The molecule has 1 saturated heterocycles. The van der Waals surface area contributed by atoms with E-state index in [0.29, 0.717) is 42.7 Å². The zero-order chi connectivity index (χ0) is 27.3. The maximum Gasteiger partial charge on any atom is 0.410 e. The number of aromatic nitrogens is 1. The number of nitrogen functional groups attached to an aromatic ring is 1. The lowest BCUT2D eigenvalue weighted by Crippen LogP contribution is -2.41. The van der Waals surface area contributed by atoms with E-state index in [0.717, 1.165) is 19.3 Å². The molecule has 0 spiro atoms. The van der Waals surface area contributed by atoms with Crippen LogP contribution in [0, 0.1) is 12.8 Å². The Kier molecular flexibility index (Phi) is 9.33. The predicted octanol–water partition coefficient (Wildman–Crippen LogP) is 4.90. The first kappa shape index (κ1) is 28.6. The number of ether oxygens (including phenoxy) is 2. The van der Waals surface area contributed by atoms with Crippen LogP contribution in [0.4, 0.5) is 10.5 Å². The van der Waals surface area contributed by atoms with Crippen molar-refractivity contribution in [3.63, 3.8) is 0 Å². The third kappa shape index (κ3) is 7.53. The van der Waals surface area contributed by atoms with Crippen LogP contribution in [0.15, 0.2) is 18.2 Å². The first-order valence-electron chi connectivity index (χ1n) is 12.0. The van der Waals surface area contributed by atoms with Crippen LogP contribution in [0.3, 0.4) is 0 Å². The zero-order valence-electron chi connectivity index (χ0n) is 21.4. The molecule has 1 aromatic carbocycles. The van der Waals surface area contributed by atoms with Gasteiger partial charge in [0.1, 0.15) is 17.0 Å². The number of carbonyl (C=O) groups excluding carboxylic acids is 3. The molecular weight excluding hydrogens is 521 g/mol. The summed E-state index contributed by atoms with van der Waals surface area (Å²) in [5.41, 5.74) is 2.88. The van der Waals surface area contributed by atoms with Gasteiger partial charge in [0, 0.05) is 24.3 Å². The van der Waals surface area contributed by atoms with E-state index in [2.05, 4.69) is 15.7 Å². The SMILES string of the molecule is Cc1[nH]c(C(=O)Nc2ccc(C(=O)NN)cc2OCCC2CCN(C(=O)OC(C)(C)C)CC2)c(Cl)c1Cl. The molecule has 3 rings (SSSR count). The van der Waals surface area contributed by atoms with E-state index in [1.807, 2.05) is 20.8 Å². The van der Waals surface area contributed by atoms with Gasteiger partial charge >= 0.3 is 6.09 Å². The molecule has 3 amide bonds. The van der Waals surface area contributed by atoms with Crippen LogP contribution in [-0.4, -0.2) is 53.1 Å². The number of carbonyl (C=O) groups is 3. The second-order valence-electron chi connectivity index (χ2n) is 9.94. The van der Waals surface area contributed by atoms with Crippen molar-refractivity contribution in [2.45, 2.75) is 52.6 Å². The number of H-pyrrole nitrogens is 1. The van der Waals surface area contributed by atoms with Gasteiger partial charge in [0.25, 0.3) is 11.8 Å². The van der Waals surface area contributed by atoms with Gasteiger partial charge in [-0.05, 0) is 71.1 Å². The number of nitrogens with one attached hydrogen (secondary N) is 3. The van der Waals surface area contributed by atoms with E-state index in [9.17, 15) is 14.4 Å². The van der Waals surface area contributed by atoms with Crippen molar-refractivity contribution < 1.29 is 23.9 Å². The number of rotatable bonds is 7. The largest absolute Gasteiger partial charge is 0.491 e.